The topological polar surface area (TPSA) is 50.4 Å². The second kappa shape index (κ2) is 8.07. The van der Waals surface area contributed by atoms with Gasteiger partial charge in [-0.25, -0.2) is 0 Å². The van der Waals surface area contributed by atoms with Gasteiger partial charge in [0.1, 0.15) is 12.4 Å². The van der Waals surface area contributed by atoms with E-state index in [4.69, 9.17) is 4.74 Å². The molecule has 2 aromatic rings. The number of hydrogen-bond donors (Lipinski definition) is 2. The Morgan fingerprint density at radius 1 is 1.10 bits per heavy atom. The molecule has 2 N–H and O–H groups in total. The predicted molar refractivity (Wildman–Crippen MR) is 84.4 cm³/mol. The number of amides is 1. The standard InChI is InChI=1S/C17H20N2O2/c1-2-18-12-17(20)19-15-9-6-10-16(11-15)21-13-14-7-4-3-5-8-14/h3-11,18H,2,12-13H2,1H3,(H,19,20). The minimum absolute atomic E-state index is 0.0583. The second-order valence-electron chi connectivity index (χ2n) is 4.63. The Labute approximate surface area is 125 Å². The lowest BCUT2D eigenvalue weighted by Crippen LogP contribution is -2.27. The van der Waals surface area contributed by atoms with Crippen LogP contribution in [-0.4, -0.2) is 19.0 Å². The Morgan fingerprint density at radius 2 is 1.90 bits per heavy atom. The van der Waals surface area contributed by atoms with Gasteiger partial charge < -0.3 is 15.4 Å². The molecule has 0 bridgehead atoms. The highest BCUT2D eigenvalue weighted by Crippen LogP contribution is 2.18. The number of likely N-dealkylation sites (N-methyl/N-ethyl adjacent to an activating group) is 1. The number of hydrogen-bond acceptors (Lipinski definition) is 3. The molecule has 0 heterocycles. The molecular formula is C17H20N2O2. The zero-order chi connectivity index (χ0) is 14.9. The molecule has 0 aliphatic rings. The summed E-state index contributed by atoms with van der Waals surface area (Å²) in [5.74, 6) is 0.678. The first-order chi connectivity index (χ1) is 10.3. The Bertz CT molecular complexity index is 570. The summed E-state index contributed by atoms with van der Waals surface area (Å²) in [6, 6.07) is 17.4. The van der Waals surface area contributed by atoms with Gasteiger partial charge in [0.05, 0.1) is 6.54 Å². The molecule has 0 saturated carbocycles. The fourth-order valence-corrected chi connectivity index (χ4v) is 1.85. The van der Waals surface area contributed by atoms with Gasteiger partial charge in [-0.2, -0.15) is 0 Å². The molecule has 0 radical (unpaired) electrons. The third kappa shape index (κ3) is 5.28. The first kappa shape index (κ1) is 15.1. The van der Waals surface area contributed by atoms with E-state index in [-0.39, 0.29) is 5.91 Å². The molecule has 0 aromatic heterocycles. The smallest absolute Gasteiger partial charge is 0.238 e. The minimum atomic E-state index is -0.0583. The lowest BCUT2D eigenvalue weighted by molar-refractivity contribution is -0.115. The molecule has 1 amide bonds. The average molecular weight is 284 g/mol. The highest BCUT2D eigenvalue weighted by Gasteiger charge is 2.02. The first-order valence-corrected chi connectivity index (χ1v) is 7.05. The molecule has 4 nitrogen and oxygen atoms in total. The van der Waals surface area contributed by atoms with E-state index in [0.717, 1.165) is 23.5 Å². The van der Waals surface area contributed by atoms with Crippen molar-refractivity contribution >= 4 is 11.6 Å². The van der Waals surface area contributed by atoms with Crippen molar-refractivity contribution in [3.63, 3.8) is 0 Å². The molecule has 0 saturated heterocycles. The van der Waals surface area contributed by atoms with E-state index in [0.29, 0.717) is 13.2 Å². The fourth-order valence-electron chi connectivity index (χ4n) is 1.85. The molecule has 0 spiro atoms. The summed E-state index contributed by atoms with van der Waals surface area (Å²) >= 11 is 0. The number of nitrogens with one attached hydrogen (secondary N) is 2. The molecule has 0 aliphatic heterocycles. The van der Waals surface area contributed by atoms with Crippen LogP contribution in [0.2, 0.25) is 0 Å². The van der Waals surface area contributed by atoms with Crippen molar-refractivity contribution in [3.05, 3.63) is 60.2 Å². The Morgan fingerprint density at radius 3 is 2.67 bits per heavy atom. The average Bonchev–Trinajstić information content (AvgIpc) is 2.52. The molecule has 0 aliphatic carbocycles. The van der Waals surface area contributed by atoms with Crippen molar-refractivity contribution in [3.8, 4) is 5.75 Å². The Kier molecular flexibility index (Phi) is 5.79. The molecule has 0 unspecified atom stereocenters. The van der Waals surface area contributed by atoms with Crippen LogP contribution < -0.4 is 15.4 Å². The normalized spacial score (nSPS) is 10.1. The van der Waals surface area contributed by atoms with Crippen LogP contribution in [0.25, 0.3) is 0 Å². The molecule has 4 heteroatoms. The van der Waals surface area contributed by atoms with Gasteiger partial charge >= 0.3 is 0 Å². The SMILES string of the molecule is CCNCC(=O)Nc1cccc(OCc2ccccc2)c1. The highest BCUT2D eigenvalue weighted by molar-refractivity contribution is 5.92. The quantitative estimate of drug-likeness (QED) is 0.822. The van der Waals surface area contributed by atoms with Gasteiger partial charge in [-0.3, -0.25) is 4.79 Å². The summed E-state index contributed by atoms with van der Waals surface area (Å²) in [6.07, 6.45) is 0. The van der Waals surface area contributed by atoms with Crippen LogP contribution in [-0.2, 0) is 11.4 Å². The zero-order valence-corrected chi connectivity index (χ0v) is 12.1. The van der Waals surface area contributed by atoms with Gasteiger partial charge in [0.25, 0.3) is 0 Å². The van der Waals surface area contributed by atoms with Gasteiger partial charge in [0, 0.05) is 11.8 Å². The number of ether oxygens (including phenoxy) is 1. The summed E-state index contributed by atoms with van der Waals surface area (Å²) in [4.78, 5) is 11.6. The third-order valence-corrected chi connectivity index (χ3v) is 2.90. The third-order valence-electron chi connectivity index (χ3n) is 2.90. The van der Waals surface area contributed by atoms with Crippen molar-refractivity contribution < 1.29 is 9.53 Å². The zero-order valence-electron chi connectivity index (χ0n) is 12.1. The fraction of sp³-hybridized carbons (Fsp3) is 0.235. The monoisotopic (exact) mass is 284 g/mol. The molecule has 2 aromatic carbocycles. The van der Waals surface area contributed by atoms with E-state index < -0.39 is 0 Å². The van der Waals surface area contributed by atoms with Crippen molar-refractivity contribution in [1.29, 1.82) is 0 Å². The maximum atomic E-state index is 11.6. The molecule has 110 valence electrons. The molecule has 0 atom stereocenters. The minimum Gasteiger partial charge on any atom is -0.489 e. The van der Waals surface area contributed by atoms with Gasteiger partial charge in [-0.15, -0.1) is 0 Å². The summed E-state index contributed by atoms with van der Waals surface area (Å²) in [5.41, 5.74) is 1.85. The predicted octanol–water partition coefficient (Wildman–Crippen LogP) is 2.81. The maximum absolute atomic E-state index is 11.6. The second-order valence-corrected chi connectivity index (χ2v) is 4.63. The van der Waals surface area contributed by atoms with Crippen molar-refractivity contribution in [2.75, 3.05) is 18.4 Å². The lowest BCUT2D eigenvalue weighted by atomic mass is 10.2. The number of rotatable bonds is 7. The number of carbonyl (C=O) groups is 1. The first-order valence-electron chi connectivity index (χ1n) is 7.05. The van der Waals surface area contributed by atoms with Crippen LogP contribution in [0.15, 0.2) is 54.6 Å². The van der Waals surface area contributed by atoms with Crippen LogP contribution in [0.5, 0.6) is 5.75 Å². The Hall–Kier alpha value is -2.33. The lowest BCUT2D eigenvalue weighted by Gasteiger charge is -2.09. The highest BCUT2D eigenvalue weighted by atomic mass is 16.5. The van der Waals surface area contributed by atoms with Gasteiger partial charge in [0.2, 0.25) is 5.91 Å². The van der Waals surface area contributed by atoms with Crippen LogP contribution in [0.1, 0.15) is 12.5 Å². The Balaban J connectivity index is 1.90. The summed E-state index contributed by atoms with van der Waals surface area (Å²) in [6.45, 7) is 3.56. The van der Waals surface area contributed by atoms with Crippen molar-refractivity contribution in [1.82, 2.24) is 5.32 Å². The number of carbonyl (C=O) groups excluding carboxylic acids is 1. The van der Waals surface area contributed by atoms with E-state index in [9.17, 15) is 4.79 Å². The van der Waals surface area contributed by atoms with Gasteiger partial charge in [-0.05, 0) is 24.2 Å². The van der Waals surface area contributed by atoms with Crippen LogP contribution >= 0.6 is 0 Å². The molecular weight excluding hydrogens is 264 g/mol. The van der Waals surface area contributed by atoms with E-state index in [1.165, 1.54) is 0 Å². The summed E-state index contributed by atoms with van der Waals surface area (Å²) < 4.78 is 5.73. The van der Waals surface area contributed by atoms with Crippen molar-refractivity contribution in [2.45, 2.75) is 13.5 Å². The molecule has 0 fully saturated rings. The summed E-state index contributed by atoms with van der Waals surface area (Å²) in [5, 5.41) is 5.82. The molecule has 21 heavy (non-hydrogen) atoms. The van der Waals surface area contributed by atoms with E-state index >= 15 is 0 Å². The van der Waals surface area contributed by atoms with E-state index in [2.05, 4.69) is 10.6 Å². The molecule has 2 rings (SSSR count). The van der Waals surface area contributed by atoms with Crippen LogP contribution in [0.4, 0.5) is 5.69 Å². The largest absolute Gasteiger partial charge is 0.489 e. The summed E-state index contributed by atoms with van der Waals surface area (Å²) in [7, 11) is 0. The number of anilines is 1. The maximum Gasteiger partial charge on any atom is 0.238 e. The van der Waals surface area contributed by atoms with Crippen LogP contribution in [0, 0.1) is 0 Å². The number of benzene rings is 2. The van der Waals surface area contributed by atoms with Gasteiger partial charge in [0.15, 0.2) is 0 Å². The van der Waals surface area contributed by atoms with Crippen LogP contribution in [0.3, 0.4) is 0 Å². The van der Waals surface area contributed by atoms with E-state index in [1.807, 2.05) is 61.5 Å². The van der Waals surface area contributed by atoms with Gasteiger partial charge in [-0.1, -0.05) is 43.3 Å². The van der Waals surface area contributed by atoms with E-state index in [1.54, 1.807) is 0 Å². The van der Waals surface area contributed by atoms with Crippen molar-refractivity contribution in [2.24, 2.45) is 0 Å².